The minimum atomic E-state index is -0.658. The fourth-order valence-electron chi connectivity index (χ4n) is 5.22. The van der Waals surface area contributed by atoms with Gasteiger partial charge in [-0.25, -0.2) is 9.69 Å². The second-order valence-electron chi connectivity index (χ2n) is 9.38. The maximum absolute atomic E-state index is 13.2. The van der Waals surface area contributed by atoms with Gasteiger partial charge in [0.15, 0.2) is 0 Å². The molecular formula is C24H36N4O2. The third kappa shape index (κ3) is 4.64. The fraction of sp³-hybridized carbons (Fsp3) is 0.667. The first kappa shape index (κ1) is 21.2. The zero-order valence-corrected chi connectivity index (χ0v) is 18.4. The Morgan fingerprint density at radius 2 is 1.50 bits per heavy atom. The van der Waals surface area contributed by atoms with Gasteiger partial charge in [-0.05, 0) is 56.8 Å². The summed E-state index contributed by atoms with van der Waals surface area (Å²) in [7, 11) is 1.97. The Kier molecular flexibility index (Phi) is 6.61. The van der Waals surface area contributed by atoms with Crippen molar-refractivity contribution in [2.24, 2.45) is 0 Å². The number of piperidine rings is 1. The summed E-state index contributed by atoms with van der Waals surface area (Å²) in [6, 6.07) is 8.51. The van der Waals surface area contributed by atoms with Crippen LogP contribution < -0.4 is 10.2 Å². The van der Waals surface area contributed by atoms with Gasteiger partial charge in [-0.15, -0.1) is 0 Å². The number of carbonyl (C=O) groups is 2. The van der Waals surface area contributed by atoms with Crippen molar-refractivity contribution >= 4 is 17.6 Å². The molecule has 2 heterocycles. The first-order valence-electron chi connectivity index (χ1n) is 11.7. The maximum Gasteiger partial charge on any atom is 0.326 e. The SMILES string of the molecule is CN(Cc1ccc(N2CCCCC2)cc1)CN1C(=O)NC2(CCCCCCC2)C1=O. The second-order valence-corrected chi connectivity index (χ2v) is 9.38. The molecular weight excluding hydrogens is 376 g/mol. The zero-order chi connectivity index (χ0) is 21.0. The van der Waals surface area contributed by atoms with Gasteiger partial charge in [0.1, 0.15) is 5.54 Å². The number of benzene rings is 1. The molecule has 0 unspecified atom stereocenters. The third-order valence-electron chi connectivity index (χ3n) is 6.95. The average Bonchev–Trinajstić information content (AvgIpc) is 2.97. The van der Waals surface area contributed by atoms with E-state index in [0.29, 0.717) is 13.2 Å². The fourth-order valence-corrected chi connectivity index (χ4v) is 5.22. The van der Waals surface area contributed by atoms with Gasteiger partial charge in [0.25, 0.3) is 5.91 Å². The quantitative estimate of drug-likeness (QED) is 0.740. The van der Waals surface area contributed by atoms with Crippen LogP contribution in [0.15, 0.2) is 24.3 Å². The van der Waals surface area contributed by atoms with Crippen molar-refractivity contribution in [3.63, 3.8) is 0 Å². The summed E-state index contributed by atoms with van der Waals surface area (Å²) in [6.45, 7) is 3.34. The Bertz CT molecular complexity index is 734. The summed E-state index contributed by atoms with van der Waals surface area (Å²) in [6.07, 6.45) is 11.0. The second kappa shape index (κ2) is 9.38. The van der Waals surface area contributed by atoms with E-state index in [4.69, 9.17) is 0 Å². The first-order chi connectivity index (χ1) is 14.6. The molecule has 1 aromatic rings. The number of nitrogens with one attached hydrogen (secondary N) is 1. The number of urea groups is 1. The van der Waals surface area contributed by atoms with Gasteiger partial charge >= 0.3 is 6.03 Å². The molecule has 1 aromatic carbocycles. The van der Waals surface area contributed by atoms with Crippen molar-refractivity contribution in [1.29, 1.82) is 0 Å². The van der Waals surface area contributed by atoms with E-state index in [9.17, 15) is 9.59 Å². The van der Waals surface area contributed by atoms with Crippen LogP contribution in [0.25, 0.3) is 0 Å². The number of nitrogens with zero attached hydrogens (tertiary/aromatic N) is 3. The minimum absolute atomic E-state index is 0.0262. The molecule has 3 amide bonds. The molecule has 3 fully saturated rings. The van der Waals surface area contributed by atoms with Crippen molar-refractivity contribution in [3.05, 3.63) is 29.8 Å². The van der Waals surface area contributed by atoms with Crippen LogP contribution >= 0.6 is 0 Å². The van der Waals surface area contributed by atoms with Gasteiger partial charge in [0.05, 0.1) is 6.67 Å². The minimum Gasteiger partial charge on any atom is -0.372 e. The molecule has 6 heteroatoms. The highest BCUT2D eigenvalue weighted by Gasteiger charge is 2.50. The maximum atomic E-state index is 13.2. The Balaban J connectivity index is 1.34. The molecule has 2 saturated heterocycles. The highest BCUT2D eigenvalue weighted by atomic mass is 16.2. The monoisotopic (exact) mass is 412 g/mol. The molecule has 30 heavy (non-hydrogen) atoms. The van der Waals surface area contributed by atoms with Gasteiger partial charge < -0.3 is 10.2 Å². The standard InChI is InChI=1S/C24H36N4O2/c1-26(18-20-10-12-21(13-11-20)27-16-8-5-9-17-27)19-28-22(29)24(25-23(28)30)14-6-3-2-4-7-15-24/h10-13H,2-9,14-19H2,1H3,(H,25,30). The number of amides is 3. The summed E-state index contributed by atoms with van der Waals surface area (Å²) in [4.78, 5) is 31.7. The lowest BCUT2D eigenvalue weighted by molar-refractivity contribution is -0.133. The zero-order valence-electron chi connectivity index (χ0n) is 18.4. The normalized spacial score (nSPS) is 22.3. The highest BCUT2D eigenvalue weighted by Crippen LogP contribution is 2.32. The van der Waals surface area contributed by atoms with E-state index in [1.54, 1.807) is 0 Å². The van der Waals surface area contributed by atoms with E-state index < -0.39 is 5.54 Å². The predicted molar refractivity (Wildman–Crippen MR) is 119 cm³/mol. The third-order valence-corrected chi connectivity index (χ3v) is 6.95. The molecule has 164 valence electrons. The Morgan fingerprint density at radius 1 is 0.900 bits per heavy atom. The highest BCUT2D eigenvalue weighted by molar-refractivity contribution is 6.07. The molecule has 1 N–H and O–H groups in total. The number of carbonyl (C=O) groups excluding carboxylic acids is 2. The number of imide groups is 1. The van der Waals surface area contributed by atoms with Crippen molar-refractivity contribution < 1.29 is 9.59 Å². The summed E-state index contributed by atoms with van der Waals surface area (Å²) in [5, 5.41) is 3.06. The topological polar surface area (TPSA) is 55.9 Å². The average molecular weight is 413 g/mol. The Morgan fingerprint density at radius 3 is 2.17 bits per heavy atom. The number of hydrogen-bond donors (Lipinski definition) is 1. The van der Waals surface area contributed by atoms with E-state index in [-0.39, 0.29) is 11.9 Å². The first-order valence-corrected chi connectivity index (χ1v) is 11.7. The van der Waals surface area contributed by atoms with Crippen LogP contribution in [0.5, 0.6) is 0 Å². The van der Waals surface area contributed by atoms with Crippen LogP contribution in [0.4, 0.5) is 10.5 Å². The molecule has 6 nitrogen and oxygen atoms in total. The lowest BCUT2D eigenvalue weighted by Gasteiger charge is -2.29. The Labute approximate surface area is 180 Å². The largest absolute Gasteiger partial charge is 0.372 e. The molecule has 0 aromatic heterocycles. The number of anilines is 1. The summed E-state index contributed by atoms with van der Waals surface area (Å²) >= 11 is 0. The van der Waals surface area contributed by atoms with Gasteiger partial charge in [0.2, 0.25) is 0 Å². The molecule has 0 bridgehead atoms. The molecule has 0 radical (unpaired) electrons. The van der Waals surface area contributed by atoms with Crippen molar-refractivity contribution in [2.45, 2.75) is 76.3 Å². The molecule has 1 aliphatic carbocycles. The number of rotatable bonds is 5. The molecule has 0 atom stereocenters. The van der Waals surface area contributed by atoms with Crippen molar-refractivity contribution in [2.75, 3.05) is 31.7 Å². The van der Waals surface area contributed by atoms with Gasteiger partial charge in [0, 0.05) is 25.3 Å². The van der Waals surface area contributed by atoms with Crippen LogP contribution in [-0.4, -0.2) is 54.1 Å². The summed E-state index contributed by atoms with van der Waals surface area (Å²) < 4.78 is 0. The smallest absolute Gasteiger partial charge is 0.326 e. The van der Waals surface area contributed by atoms with Crippen molar-refractivity contribution in [3.8, 4) is 0 Å². The lowest BCUT2D eigenvalue weighted by Crippen LogP contribution is -2.48. The van der Waals surface area contributed by atoms with E-state index in [0.717, 1.165) is 51.6 Å². The lowest BCUT2D eigenvalue weighted by atomic mass is 9.84. The van der Waals surface area contributed by atoms with E-state index in [1.165, 1.54) is 41.8 Å². The van der Waals surface area contributed by atoms with Crippen LogP contribution in [0, 0.1) is 0 Å². The van der Waals surface area contributed by atoms with Crippen LogP contribution in [0.2, 0.25) is 0 Å². The molecule has 4 rings (SSSR count). The molecule has 2 aliphatic heterocycles. The summed E-state index contributed by atoms with van der Waals surface area (Å²) in [5.74, 6) is -0.0262. The van der Waals surface area contributed by atoms with E-state index in [1.807, 2.05) is 7.05 Å². The van der Waals surface area contributed by atoms with E-state index in [2.05, 4.69) is 39.4 Å². The van der Waals surface area contributed by atoms with Crippen LogP contribution in [-0.2, 0) is 11.3 Å². The number of hydrogen-bond acceptors (Lipinski definition) is 4. The Hall–Kier alpha value is -2.08. The van der Waals surface area contributed by atoms with Crippen LogP contribution in [0.1, 0.15) is 69.8 Å². The van der Waals surface area contributed by atoms with Gasteiger partial charge in [-0.1, -0.05) is 44.2 Å². The van der Waals surface area contributed by atoms with Crippen LogP contribution in [0.3, 0.4) is 0 Å². The molecule has 1 saturated carbocycles. The molecule has 3 aliphatic rings. The predicted octanol–water partition coefficient (Wildman–Crippen LogP) is 4.10. The summed E-state index contributed by atoms with van der Waals surface area (Å²) in [5.41, 5.74) is 1.83. The van der Waals surface area contributed by atoms with E-state index >= 15 is 0 Å². The van der Waals surface area contributed by atoms with Gasteiger partial charge in [-0.3, -0.25) is 9.69 Å². The molecule has 1 spiro atoms. The van der Waals surface area contributed by atoms with Gasteiger partial charge in [-0.2, -0.15) is 0 Å². The van der Waals surface area contributed by atoms with Crippen molar-refractivity contribution in [1.82, 2.24) is 15.1 Å².